The Hall–Kier alpha value is -4.26. The number of nitrogens with zero attached hydrogens (tertiary/aromatic N) is 2. The van der Waals surface area contributed by atoms with Gasteiger partial charge in [0.2, 0.25) is 0 Å². The number of carbonyl (C=O) groups is 2. The zero-order chi connectivity index (χ0) is 22.4. The number of carbonyl (C=O) groups excluding carboxylic acids is 2. The van der Waals surface area contributed by atoms with E-state index in [0.717, 1.165) is 11.6 Å². The highest BCUT2D eigenvalue weighted by atomic mass is 16.5. The molecule has 0 aromatic heterocycles. The van der Waals surface area contributed by atoms with Crippen LogP contribution in [0.2, 0.25) is 0 Å². The van der Waals surface area contributed by atoms with Crippen molar-refractivity contribution in [2.24, 2.45) is 10.2 Å². The van der Waals surface area contributed by atoms with Crippen LogP contribution in [0.4, 0.5) is 11.4 Å². The third kappa shape index (κ3) is 5.02. The SMILES string of the molecule is C=CC(=O)OCc1cc(C)ccc1N=Nc1c(O)ccc(C(=O)c2ccccc2)c1O. The number of rotatable bonds is 7. The Balaban J connectivity index is 1.95. The van der Waals surface area contributed by atoms with Crippen LogP contribution < -0.4 is 0 Å². The van der Waals surface area contributed by atoms with Crippen molar-refractivity contribution in [2.45, 2.75) is 13.5 Å². The van der Waals surface area contributed by atoms with Crippen molar-refractivity contribution in [3.8, 4) is 11.5 Å². The molecular formula is C24H20N2O5. The van der Waals surface area contributed by atoms with E-state index in [1.807, 2.05) is 6.92 Å². The molecule has 0 saturated heterocycles. The van der Waals surface area contributed by atoms with Crippen molar-refractivity contribution in [1.29, 1.82) is 0 Å². The Morgan fingerprint density at radius 3 is 2.48 bits per heavy atom. The first-order valence-corrected chi connectivity index (χ1v) is 9.36. The van der Waals surface area contributed by atoms with Gasteiger partial charge < -0.3 is 14.9 Å². The van der Waals surface area contributed by atoms with Crippen molar-refractivity contribution < 1.29 is 24.5 Å². The molecule has 7 nitrogen and oxygen atoms in total. The molecule has 0 radical (unpaired) electrons. The lowest BCUT2D eigenvalue weighted by Crippen LogP contribution is -2.01. The maximum Gasteiger partial charge on any atom is 0.330 e. The number of phenols is 2. The molecule has 7 heteroatoms. The number of hydrogen-bond acceptors (Lipinski definition) is 7. The van der Waals surface area contributed by atoms with Crippen LogP contribution in [0.1, 0.15) is 27.0 Å². The Morgan fingerprint density at radius 1 is 1.03 bits per heavy atom. The summed E-state index contributed by atoms with van der Waals surface area (Å²) in [5.41, 5.74) is 2.01. The summed E-state index contributed by atoms with van der Waals surface area (Å²) in [5.74, 6) is -1.81. The molecule has 3 rings (SSSR count). The normalized spacial score (nSPS) is 10.7. The molecule has 0 atom stereocenters. The average Bonchev–Trinajstić information content (AvgIpc) is 2.78. The standard InChI is InChI=1S/C24H20N2O5/c1-3-21(28)31-14-17-13-15(2)9-11-19(17)25-26-22-20(27)12-10-18(24(22)30)23(29)16-7-5-4-6-8-16/h3-13,27,30H,1,14H2,2H3. The van der Waals surface area contributed by atoms with E-state index in [0.29, 0.717) is 16.8 Å². The fourth-order valence-corrected chi connectivity index (χ4v) is 2.83. The summed E-state index contributed by atoms with van der Waals surface area (Å²) in [5, 5.41) is 28.8. The Kier molecular flexibility index (Phi) is 6.57. The zero-order valence-corrected chi connectivity index (χ0v) is 16.8. The number of aryl methyl sites for hydroxylation is 1. The molecule has 31 heavy (non-hydrogen) atoms. The van der Waals surface area contributed by atoms with Crippen LogP contribution in [0.15, 0.2) is 83.5 Å². The van der Waals surface area contributed by atoms with Gasteiger partial charge in [-0.1, -0.05) is 54.6 Å². The minimum atomic E-state index is -0.577. The largest absolute Gasteiger partial charge is 0.505 e. The first-order valence-electron chi connectivity index (χ1n) is 9.36. The molecule has 0 heterocycles. The van der Waals surface area contributed by atoms with E-state index in [9.17, 15) is 19.8 Å². The van der Waals surface area contributed by atoms with Gasteiger partial charge in [0.05, 0.1) is 11.3 Å². The zero-order valence-electron chi connectivity index (χ0n) is 16.8. The molecule has 0 fully saturated rings. The number of aromatic hydroxyl groups is 2. The molecule has 0 aliphatic carbocycles. The third-order valence-corrected chi connectivity index (χ3v) is 4.44. The van der Waals surface area contributed by atoms with Gasteiger partial charge in [0.15, 0.2) is 17.2 Å². The fraction of sp³-hybridized carbons (Fsp3) is 0.0833. The molecule has 0 aliphatic heterocycles. The lowest BCUT2D eigenvalue weighted by molar-refractivity contribution is -0.138. The second kappa shape index (κ2) is 9.49. The van der Waals surface area contributed by atoms with E-state index in [2.05, 4.69) is 16.8 Å². The second-order valence-electron chi connectivity index (χ2n) is 6.67. The monoisotopic (exact) mass is 416 g/mol. The average molecular weight is 416 g/mol. The van der Waals surface area contributed by atoms with Gasteiger partial charge in [-0.05, 0) is 25.1 Å². The summed E-state index contributed by atoms with van der Waals surface area (Å²) < 4.78 is 5.07. The van der Waals surface area contributed by atoms with Gasteiger partial charge in [-0.2, -0.15) is 0 Å². The second-order valence-corrected chi connectivity index (χ2v) is 6.67. The van der Waals surface area contributed by atoms with E-state index in [1.54, 1.807) is 48.5 Å². The Bertz CT molecular complexity index is 1170. The smallest absolute Gasteiger partial charge is 0.330 e. The minimum absolute atomic E-state index is 0.0120. The van der Waals surface area contributed by atoms with Crippen molar-refractivity contribution in [3.63, 3.8) is 0 Å². The predicted molar refractivity (Wildman–Crippen MR) is 115 cm³/mol. The van der Waals surface area contributed by atoms with E-state index in [-0.39, 0.29) is 23.6 Å². The fourth-order valence-electron chi connectivity index (χ4n) is 2.83. The van der Waals surface area contributed by atoms with Crippen LogP contribution in [0.3, 0.4) is 0 Å². The molecule has 0 bridgehead atoms. The van der Waals surface area contributed by atoms with Gasteiger partial charge in [-0.15, -0.1) is 10.2 Å². The molecule has 3 aromatic carbocycles. The molecule has 2 N–H and O–H groups in total. The van der Waals surface area contributed by atoms with E-state index >= 15 is 0 Å². The molecule has 0 saturated carbocycles. The van der Waals surface area contributed by atoms with Gasteiger partial charge in [-0.3, -0.25) is 4.79 Å². The first kappa shape index (κ1) is 21.4. The maximum atomic E-state index is 12.7. The molecule has 0 spiro atoms. The van der Waals surface area contributed by atoms with Gasteiger partial charge in [-0.25, -0.2) is 4.79 Å². The quantitative estimate of drug-likeness (QED) is 0.236. The van der Waals surface area contributed by atoms with Gasteiger partial charge in [0.1, 0.15) is 12.4 Å². The number of phenolic OH excluding ortho intramolecular Hbond substituents is 2. The molecule has 0 amide bonds. The van der Waals surface area contributed by atoms with E-state index < -0.39 is 17.5 Å². The van der Waals surface area contributed by atoms with E-state index in [4.69, 9.17) is 4.74 Å². The predicted octanol–water partition coefficient (Wildman–Crippen LogP) is 5.28. The highest BCUT2D eigenvalue weighted by Crippen LogP contribution is 2.40. The third-order valence-electron chi connectivity index (χ3n) is 4.44. The number of benzene rings is 3. The van der Waals surface area contributed by atoms with Crippen LogP contribution in [-0.2, 0) is 16.1 Å². The van der Waals surface area contributed by atoms with Crippen LogP contribution in [0.25, 0.3) is 0 Å². The lowest BCUT2D eigenvalue weighted by Gasteiger charge is -2.09. The molecular weight excluding hydrogens is 396 g/mol. The van der Waals surface area contributed by atoms with Crippen molar-refractivity contribution >= 4 is 23.1 Å². The van der Waals surface area contributed by atoms with Crippen LogP contribution in [0, 0.1) is 6.92 Å². The van der Waals surface area contributed by atoms with Gasteiger partial charge in [0, 0.05) is 17.2 Å². The van der Waals surface area contributed by atoms with Crippen LogP contribution >= 0.6 is 0 Å². The van der Waals surface area contributed by atoms with Crippen molar-refractivity contribution in [1.82, 2.24) is 0 Å². The summed E-state index contributed by atoms with van der Waals surface area (Å²) in [7, 11) is 0. The van der Waals surface area contributed by atoms with Gasteiger partial charge >= 0.3 is 5.97 Å². The highest BCUT2D eigenvalue weighted by molar-refractivity contribution is 6.11. The summed E-state index contributed by atoms with van der Waals surface area (Å²) in [6, 6.07) is 16.3. The number of azo groups is 1. The van der Waals surface area contributed by atoms with Crippen molar-refractivity contribution in [2.75, 3.05) is 0 Å². The lowest BCUT2D eigenvalue weighted by atomic mass is 10.0. The minimum Gasteiger partial charge on any atom is -0.505 e. The first-order chi connectivity index (χ1) is 14.9. The molecule has 0 aliphatic rings. The van der Waals surface area contributed by atoms with Crippen molar-refractivity contribution in [3.05, 3.63) is 95.6 Å². The Labute approximate surface area is 179 Å². The summed E-state index contributed by atoms with van der Waals surface area (Å²) >= 11 is 0. The number of ketones is 1. The topological polar surface area (TPSA) is 109 Å². The van der Waals surface area contributed by atoms with Gasteiger partial charge in [0.25, 0.3) is 0 Å². The van der Waals surface area contributed by atoms with Crippen LogP contribution in [0.5, 0.6) is 11.5 Å². The summed E-state index contributed by atoms with van der Waals surface area (Å²) in [4.78, 5) is 24.1. The summed E-state index contributed by atoms with van der Waals surface area (Å²) in [6.07, 6.45) is 1.06. The highest BCUT2D eigenvalue weighted by Gasteiger charge is 2.19. The number of esters is 1. The van der Waals surface area contributed by atoms with E-state index in [1.165, 1.54) is 12.1 Å². The van der Waals surface area contributed by atoms with Crippen LogP contribution in [-0.4, -0.2) is 22.0 Å². The number of ether oxygens (including phenoxy) is 1. The summed E-state index contributed by atoms with van der Waals surface area (Å²) in [6.45, 7) is 5.17. The molecule has 156 valence electrons. The maximum absolute atomic E-state index is 12.7. The number of hydrogen-bond donors (Lipinski definition) is 2. The molecule has 0 unspecified atom stereocenters. The molecule has 3 aromatic rings. The Morgan fingerprint density at radius 2 is 1.77 bits per heavy atom.